The SMILES string of the molecule is CCCC.O=[PH](O)Cl.O=[PH](O)Cl.O=[PH](O)Cl. The molecule has 3 N–H and O–H groups in total. The second-order valence-corrected chi connectivity index (χ2v) is 6.19. The number of hydrogen-bond donors (Lipinski definition) is 3. The average molecular weight is 359 g/mol. The second kappa shape index (κ2) is 25.3. The fourth-order valence-electron chi connectivity index (χ4n) is 0. The quantitative estimate of drug-likeness (QED) is 0.616. The molecule has 0 aromatic rings. The van der Waals surface area contributed by atoms with E-state index in [0.29, 0.717) is 0 Å². The van der Waals surface area contributed by atoms with Crippen molar-refractivity contribution in [2.45, 2.75) is 26.7 Å². The van der Waals surface area contributed by atoms with Crippen LogP contribution in [-0.2, 0) is 13.7 Å². The average Bonchev–Trinajstić information content (AvgIpc) is 2.00. The van der Waals surface area contributed by atoms with Gasteiger partial charge in [0.2, 0.25) is 0 Å². The molecule has 3 atom stereocenters. The minimum absolute atomic E-state index is 1.32. The molecule has 0 saturated heterocycles. The molecule has 0 radical (unpaired) electrons. The lowest BCUT2D eigenvalue weighted by atomic mass is 10.4. The van der Waals surface area contributed by atoms with Crippen molar-refractivity contribution in [3.05, 3.63) is 0 Å². The highest BCUT2D eigenvalue weighted by molar-refractivity contribution is 7.69. The van der Waals surface area contributed by atoms with Gasteiger partial charge < -0.3 is 14.7 Å². The van der Waals surface area contributed by atoms with E-state index in [1.165, 1.54) is 12.8 Å². The van der Waals surface area contributed by atoms with Crippen LogP contribution < -0.4 is 0 Å². The first kappa shape index (κ1) is 26.1. The third kappa shape index (κ3) is 541. The topological polar surface area (TPSA) is 112 Å². The molecule has 16 heavy (non-hydrogen) atoms. The molecule has 0 aromatic heterocycles. The van der Waals surface area contributed by atoms with E-state index < -0.39 is 22.1 Å². The predicted octanol–water partition coefficient (Wildman–Crippen LogP) is 3.63. The van der Waals surface area contributed by atoms with Crippen LogP contribution >= 0.6 is 55.9 Å². The number of hydrogen-bond acceptors (Lipinski definition) is 3. The van der Waals surface area contributed by atoms with Gasteiger partial charge in [0.1, 0.15) is 0 Å². The molecule has 12 heteroatoms. The van der Waals surface area contributed by atoms with E-state index in [2.05, 4.69) is 47.6 Å². The molecule has 0 bridgehead atoms. The molecule has 0 fully saturated rings. The van der Waals surface area contributed by atoms with Crippen LogP contribution in [0.3, 0.4) is 0 Å². The van der Waals surface area contributed by atoms with Crippen LogP contribution in [-0.4, -0.2) is 14.7 Å². The normalized spacial score (nSPS) is 13.5. The van der Waals surface area contributed by atoms with Gasteiger partial charge in [0.05, 0.1) is 0 Å². The van der Waals surface area contributed by atoms with Crippen LogP contribution in [0, 0.1) is 0 Å². The van der Waals surface area contributed by atoms with E-state index in [1.807, 2.05) is 0 Å². The summed E-state index contributed by atoms with van der Waals surface area (Å²) in [6.07, 6.45) is 2.64. The summed E-state index contributed by atoms with van der Waals surface area (Å²) in [5.41, 5.74) is 0. The first-order valence-electron chi connectivity index (χ1n) is 3.76. The van der Waals surface area contributed by atoms with Gasteiger partial charge in [-0.15, -0.1) is 0 Å². The molecule has 3 unspecified atom stereocenters. The molecule has 0 aliphatic heterocycles. The lowest BCUT2D eigenvalue weighted by Gasteiger charge is -1.68. The molecular formula is C4H16Cl3O6P3. The van der Waals surface area contributed by atoms with E-state index >= 15 is 0 Å². The molecule has 0 saturated carbocycles. The van der Waals surface area contributed by atoms with Gasteiger partial charge in [-0.05, 0) is 33.7 Å². The summed E-state index contributed by atoms with van der Waals surface area (Å²) in [4.78, 5) is 22.1. The van der Waals surface area contributed by atoms with Crippen LogP contribution in [0.1, 0.15) is 26.7 Å². The minimum Gasteiger partial charge on any atom is -0.335 e. The molecule has 0 amide bonds. The van der Waals surface area contributed by atoms with E-state index in [1.54, 1.807) is 0 Å². The Kier molecular flexibility index (Phi) is 41.3. The van der Waals surface area contributed by atoms with Crippen molar-refractivity contribution >= 4 is 55.9 Å². The third-order valence-corrected chi connectivity index (χ3v) is 0.500. The first-order chi connectivity index (χ1) is 7.11. The standard InChI is InChI=1S/C4H10.3ClH2O2P/c1-3-4-2;3*1-4(2)3/h3-4H2,1-2H3;3*4H,(H,2,3). The molecule has 104 valence electrons. The Morgan fingerprint density at radius 2 is 0.812 bits per heavy atom. The van der Waals surface area contributed by atoms with E-state index in [4.69, 9.17) is 28.4 Å². The molecule has 0 rings (SSSR count). The molecule has 6 nitrogen and oxygen atoms in total. The molecule has 0 aliphatic rings. The van der Waals surface area contributed by atoms with Gasteiger partial charge in [-0.3, -0.25) is 13.7 Å². The van der Waals surface area contributed by atoms with Crippen molar-refractivity contribution in [1.29, 1.82) is 0 Å². The zero-order valence-electron chi connectivity index (χ0n) is 8.61. The van der Waals surface area contributed by atoms with Gasteiger partial charge in [-0.25, -0.2) is 0 Å². The maximum absolute atomic E-state index is 8.95. The van der Waals surface area contributed by atoms with Crippen LogP contribution in [0.5, 0.6) is 0 Å². The second-order valence-electron chi connectivity index (χ2n) is 1.76. The van der Waals surface area contributed by atoms with Crippen molar-refractivity contribution in [3.8, 4) is 0 Å². The zero-order chi connectivity index (χ0) is 14.1. The summed E-state index contributed by atoms with van der Waals surface area (Å²) in [5.74, 6) is 0. The van der Waals surface area contributed by atoms with Crippen molar-refractivity contribution in [2.75, 3.05) is 0 Å². The number of halogens is 3. The summed E-state index contributed by atoms with van der Waals surface area (Å²) in [5, 5.41) is 0. The highest BCUT2D eigenvalue weighted by atomic mass is 35.7. The van der Waals surface area contributed by atoms with Gasteiger partial charge in [0.25, 0.3) is 22.1 Å². The highest BCUT2D eigenvalue weighted by Gasteiger charge is 1.65. The summed E-state index contributed by atoms with van der Waals surface area (Å²) >= 11 is 13.1. The fraction of sp³-hybridized carbons (Fsp3) is 1.00. The Morgan fingerprint density at radius 1 is 0.750 bits per heavy atom. The van der Waals surface area contributed by atoms with E-state index in [0.717, 1.165) is 0 Å². The fourth-order valence-corrected chi connectivity index (χ4v) is 0. The van der Waals surface area contributed by atoms with E-state index in [-0.39, 0.29) is 0 Å². The summed E-state index contributed by atoms with van der Waals surface area (Å²) in [6, 6.07) is 0. The monoisotopic (exact) mass is 358 g/mol. The lowest BCUT2D eigenvalue weighted by molar-refractivity contribution is 0.517. The van der Waals surface area contributed by atoms with Gasteiger partial charge >= 0.3 is 0 Å². The maximum Gasteiger partial charge on any atom is 0.276 e. The van der Waals surface area contributed by atoms with Crippen molar-refractivity contribution in [2.24, 2.45) is 0 Å². The van der Waals surface area contributed by atoms with Gasteiger partial charge in [-0.2, -0.15) is 0 Å². The van der Waals surface area contributed by atoms with E-state index in [9.17, 15) is 0 Å². The first-order valence-corrected chi connectivity index (χ1v) is 10.9. The van der Waals surface area contributed by atoms with Gasteiger partial charge in [-0.1, -0.05) is 26.7 Å². The lowest BCUT2D eigenvalue weighted by Crippen LogP contribution is -1.47. The van der Waals surface area contributed by atoms with Crippen molar-refractivity contribution in [1.82, 2.24) is 0 Å². The van der Waals surface area contributed by atoms with Crippen LogP contribution in [0.4, 0.5) is 0 Å². The third-order valence-electron chi connectivity index (χ3n) is 0.500. The number of unbranched alkanes of at least 4 members (excludes halogenated alkanes) is 1. The largest absolute Gasteiger partial charge is 0.335 e. The molecule has 0 aliphatic carbocycles. The summed E-state index contributed by atoms with van der Waals surface area (Å²) in [6.45, 7) is 4.36. The molecule has 0 heterocycles. The highest BCUT2D eigenvalue weighted by Crippen LogP contribution is 2.17. The smallest absolute Gasteiger partial charge is 0.276 e. The van der Waals surface area contributed by atoms with Crippen molar-refractivity contribution < 1.29 is 28.4 Å². The predicted molar refractivity (Wildman–Crippen MR) is 71.8 cm³/mol. The van der Waals surface area contributed by atoms with Crippen LogP contribution in [0.2, 0.25) is 0 Å². The van der Waals surface area contributed by atoms with Crippen molar-refractivity contribution in [3.63, 3.8) is 0 Å². The Balaban J connectivity index is -0.0000000600. The Bertz CT molecular complexity index is 149. The Morgan fingerprint density at radius 3 is 0.812 bits per heavy atom. The van der Waals surface area contributed by atoms with Crippen LogP contribution in [0.25, 0.3) is 0 Å². The summed E-state index contributed by atoms with van der Waals surface area (Å²) < 4.78 is 26.9. The van der Waals surface area contributed by atoms with Gasteiger partial charge in [0.15, 0.2) is 0 Å². The number of rotatable bonds is 1. The molecular weight excluding hydrogens is 343 g/mol. The Hall–Kier alpha value is 1.44. The van der Waals surface area contributed by atoms with Crippen LogP contribution in [0.15, 0.2) is 0 Å². The molecule has 0 spiro atoms. The minimum atomic E-state index is -2.66. The zero-order valence-corrected chi connectivity index (χ0v) is 13.9. The maximum atomic E-state index is 8.95. The molecule has 0 aromatic carbocycles. The summed E-state index contributed by atoms with van der Waals surface area (Å²) in [7, 11) is -7.97. The Labute approximate surface area is 111 Å². The van der Waals surface area contributed by atoms with Gasteiger partial charge in [0, 0.05) is 0 Å².